The average molecular weight is 384 g/mol. The third-order valence-corrected chi connectivity index (χ3v) is 3.01. The number of methoxy groups -OCH3 is 2. The van der Waals surface area contributed by atoms with Gasteiger partial charge in [0.15, 0.2) is 31.0 Å². The van der Waals surface area contributed by atoms with Crippen LogP contribution in [-0.2, 0) is 9.60 Å². The summed E-state index contributed by atoms with van der Waals surface area (Å²) in [6.45, 7) is 0. The van der Waals surface area contributed by atoms with Gasteiger partial charge in [0.2, 0.25) is 0 Å². The van der Waals surface area contributed by atoms with E-state index in [0.717, 1.165) is 28.2 Å². The minimum atomic E-state index is -1.67. The first-order valence-electron chi connectivity index (χ1n) is 6.64. The minimum absolute atomic E-state index is 0.791. The molecule has 0 amide bonds. The zero-order chi connectivity index (χ0) is 17.9. The van der Waals surface area contributed by atoms with Crippen molar-refractivity contribution in [2.24, 2.45) is 0 Å². The molecule has 0 saturated carbocycles. The molecule has 24 heavy (non-hydrogen) atoms. The molecular weight excluding hydrogens is 369 g/mol. The van der Waals surface area contributed by atoms with Crippen LogP contribution in [0.4, 0.5) is 0 Å². The quantitative estimate of drug-likeness (QED) is 0.566. The zero-order valence-corrected chi connectivity index (χ0v) is 15.4. The summed E-state index contributed by atoms with van der Waals surface area (Å²) in [6.07, 6.45) is 1.55. The van der Waals surface area contributed by atoms with Crippen LogP contribution in [0.3, 0.4) is 0 Å². The monoisotopic (exact) mass is 383 g/mol. The van der Waals surface area contributed by atoms with Crippen molar-refractivity contribution in [2.45, 2.75) is 0 Å². The van der Waals surface area contributed by atoms with Gasteiger partial charge >= 0.3 is 0 Å². The summed E-state index contributed by atoms with van der Waals surface area (Å²) < 4.78 is 19.4. The predicted octanol–water partition coefficient (Wildman–Crippen LogP) is 4.70. The Labute approximate surface area is 153 Å². The Hall–Kier alpha value is -1.84. The van der Waals surface area contributed by atoms with Crippen molar-refractivity contribution in [3.05, 3.63) is 65.7 Å². The van der Waals surface area contributed by atoms with Crippen LogP contribution >= 0.6 is 21.4 Å². The van der Waals surface area contributed by atoms with Crippen LogP contribution in [0.2, 0.25) is 0 Å². The molecule has 0 fully saturated rings. The molecule has 0 spiro atoms. The lowest BCUT2D eigenvalue weighted by Gasteiger charge is -2.09. The van der Waals surface area contributed by atoms with Gasteiger partial charge in [0.05, 0.1) is 20.3 Å². The molecule has 0 saturated heterocycles. The summed E-state index contributed by atoms with van der Waals surface area (Å²) in [7, 11) is 10.6. The van der Waals surface area contributed by atoms with Crippen molar-refractivity contribution >= 4 is 36.5 Å². The predicted molar refractivity (Wildman–Crippen MR) is 98.5 cm³/mol. The van der Waals surface area contributed by atoms with Gasteiger partial charge in [-0.1, -0.05) is 24.3 Å². The fourth-order valence-corrected chi connectivity index (χ4v) is 1.94. The highest BCUT2D eigenvalue weighted by molar-refractivity contribution is 8.31. The first-order valence-corrected chi connectivity index (χ1v) is 9.45. The van der Waals surface area contributed by atoms with E-state index >= 15 is 0 Å². The second-order valence-electron chi connectivity index (χ2n) is 4.33. The van der Waals surface area contributed by atoms with Gasteiger partial charge in [-0.05, 0) is 41.0 Å². The molecule has 0 aliphatic carbocycles. The normalized spacial score (nSPS) is 9.38. The Morgan fingerprint density at radius 1 is 0.958 bits per heavy atom. The van der Waals surface area contributed by atoms with Crippen LogP contribution in [0.25, 0.3) is 5.57 Å². The summed E-state index contributed by atoms with van der Waals surface area (Å²) in [4.78, 5) is 0. The Bertz CT molecular complexity index is 643. The maximum Gasteiger partial charge on any atom is 0.198 e. The van der Waals surface area contributed by atoms with E-state index in [1.807, 2.05) is 48.5 Å². The van der Waals surface area contributed by atoms with Crippen LogP contribution in [0.5, 0.6) is 11.5 Å². The molecule has 0 unspecified atom stereocenters. The lowest BCUT2D eigenvalue weighted by atomic mass is 9.97. The summed E-state index contributed by atoms with van der Waals surface area (Å²) in [6, 6.07) is 17.4. The van der Waals surface area contributed by atoms with E-state index in [9.17, 15) is 0 Å². The van der Waals surface area contributed by atoms with Gasteiger partial charge in [0, 0.05) is 6.08 Å². The number of nitrogens with zero attached hydrogens (tertiary/aromatic N) is 1. The molecule has 0 aliphatic rings. The van der Waals surface area contributed by atoms with Gasteiger partial charge in [-0.3, -0.25) is 0 Å². The van der Waals surface area contributed by atoms with Crippen LogP contribution in [0.1, 0.15) is 11.1 Å². The van der Waals surface area contributed by atoms with Crippen molar-refractivity contribution in [1.29, 1.82) is 5.26 Å². The van der Waals surface area contributed by atoms with E-state index < -0.39 is 9.60 Å². The third-order valence-electron chi connectivity index (χ3n) is 3.01. The lowest BCUT2D eigenvalue weighted by molar-refractivity contribution is 0.414. The van der Waals surface area contributed by atoms with E-state index in [1.54, 1.807) is 20.3 Å². The Morgan fingerprint density at radius 3 is 1.54 bits per heavy atom. The van der Waals surface area contributed by atoms with Crippen molar-refractivity contribution in [1.82, 2.24) is 0 Å². The minimum Gasteiger partial charge on any atom is -0.582 e. The Kier molecular flexibility index (Phi) is 9.13. The van der Waals surface area contributed by atoms with E-state index in [4.69, 9.17) is 19.3 Å². The first kappa shape index (κ1) is 20.2. The van der Waals surface area contributed by atoms with Gasteiger partial charge in [-0.15, -0.1) is 0 Å². The summed E-state index contributed by atoms with van der Waals surface area (Å²) in [5.74, 6) is 1.58. The first-order chi connectivity index (χ1) is 11.5. The molecule has 0 aromatic heterocycles. The van der Waals surface area contributed by atoms with Crippen LogP contribution in [-0.4, -0.2) is 18.8 Å². The number of benzene rings is 2. The smallest absolute Gasteiger partial charge is 0.198 e. The van der Waals surface area contributed by atoms with Crippen molar-refractivity contribution in [3.63, 3.8) is 0 Å². The van der Waals surface area contributed by atoms with Gasteiger partial charge in [-0.2, -0.15) is 5.26 Å². The van der Waals surface area contributed by atoms with E-state index in [2.05, 4.69) is 27.4 Å². The zero-order valence-electron chi connectivity index (χ0n) is 13.0. The maximum atomic E-state index is 9.09. The second kappa shape index (κ2) is 10.8. The van der Waals surface area contributed by atoms with Gasteiger partial charge < -0.3 is 14.0 Å². The van der Waals surface area contributed by atoms with Gasteiger partial charge in [0.1, 0.15) is 11.5 Å². The van der Waals surface area contributed by atoms with Gasteiger partial charge in [0.25, 0.3) is 0 Å². The molecule has 0 N–H and O–H groups in total. The van der Waals surface area contributed by atoms with Crippen LogP contribution < -0.4 is 9.47 Å². The topological polar surface area (TPSA) is 65.3 Å². The molecule has 126 valence electrons. The highest BCUT2D eigenvalue weighted by Gasteiger charge is 2.06. The number of hydrogen-bond donors (Lipinski definition) is 0. The number of allylic oxidation sites excluding steroid dienone is 1. The highest BCUT2D eigenvalue weighted by atomic mass is 36.0. The van der Waals surface area contributed by atoms with E-state index in [1.165, 1.54) is 0 Å². The molecule has 0 heterocycles. The number of ether oxygens (including phenoxy) is 2. The summed E-state index contributed by atoms with van der Waals surface area (Å²) in [5.41, 5.74) is 2.81. The van der Waals surface area contributed by atoms with Crippen LogP contribution in [0.15, 0.2) is 54.6 Å². The fourth-order valence-electron chi connectivity index (χ4n) is 1.94. The molecule has 0 radical (unpaired) electrons. The molecule has 2 rings (SSSR count). The third kappa shape index (κ3) is 6.73. The molecular formula is C17H15Cl2NO3S. The number of nitriles is 1. The van der Waals surface area contributed by atoms with E-state index in [-0.39, 0.29) is 0 Å². The molecule has 0 aliphatic heterocycles. The Balaban J connectivity index is 0.000000648. The lowest BCUT2D eigenvalue weighted by Crippen LogP contribution is -1.90. The van der Waals surface area contributed by atoms with Crippen molar-refractivity contribution in [3.8, 4) is 17.6 Å². The van der Waals surface area contributed by atoms with Crippen molar-refractivity contribution < 1.29 is 14.0 Å². The molecule has 2 aromatic rings. The number of hydrogen-bond acceptors (Lipinski definition) is 4. The molecule has 0 bridgehead atoms. The summed E-state index contributed by atoms with van der Waals surface area (Å²) in [5, 5.41) is 8.99. The molecule has 7 heteroatoms. The molecule has 0 atom stereocenters. The fraction of sp³-hybridized carbons (Fsp3) is 0.118. The standard InChI is InChI=1S/C17H15NO2.Cl2OS/c1-19-15-7-3-13(4-8-15)17(11-12-18)14-5-9-16(20-2)10-6-14;1-4(2)3/h3-11H,1-2H3;. The van der Waals surface area contributed by atoms with Crippen LogP contribution in [0, 0.1) is 11.3 Å². The molecule has 2 aromatic carbocycles. The summed E-state index contributed by atoms with van der Waals surface area (Å²) >= 11 is 0. The molecule has 4 nitrogen and oxygen atoms in total. The highest BCUT2D eigenvalue weighted by Crippen LogP contribution is 2.26. The van der Waals surface area contributed by atoms with Crippen molar-refractivity contribution in [2.75, 3.05) is 14.2 Å². The number of rotatable bonds is 4. The average Bonchev–Trinajstić information content (AvgIpc) is 2.59. The number of halogens is 2. The largest absolute Gasteiger partial charge is 0.582 e. The van der Waals surface area contributed by atoms with Gasteiger partial charge in [-0.25, -0.2) is 0 Å². The van der Waals surface area contributed by atoms with E-state index in [0.29, 0.717) is 0 Å². The Morgan fingerprint density at radius 2 is 1.29 bits per heavy atom. The second-order valence-corrected chi connectivity index (χ2v) is 6.85. The SMILES string of the molecule is COc1ccc(C(=CC#N)c2ccc(OC)cc2)cc1.[O-][S+](Cl)Cl. The maximum absolute atomic E-state index is 9.09.